The number of carbonyl (C=O) groups is 1. The molecule has 0 aromatic carbocycles. The number of amides is 1. The molecule has 3 nitrogen and oxygen atoms in total. The monoisotopic (exact) mass is 280 g/mol. The lowest BCUT2D eigenvalue weighted by atomic mass is 9.79. The summed E-state index contributed by atoms with van der Waals surface area (Å²) in [4.78, 5) is 12.2. The van der Waals surface area contributed by atoms with Gasteiger partial charge in [0.05, 0.1) is 0 Å². The number of nitrogens with one attached hydrogen (secondary N) is 2. The van der Waals surface area contributed by atoms with E-state index >= 15 is 0 Å². The normalized spacial score (nSPS) is 29.9. The number of hydrogen-bond donors (Lipinski definition) is 2. The van der Waals surface area contributed by atoms with E-state index < -0.39 is 0 Å². The molecule has 0 aromatic heterocycles. The van der Waals surface area contributed by atoms with E-state index in [0.29, 0.717) is 12.3 Å². The highest BCUT2D eigenvalue weighted by molar-refractivity contribution is 5.77. The van der Waals surface area contributed by atoms with Crippen molar-refractivity contribution in [3.05, 3.63) is 0 Å². The highest BCUT2D eigenvalue weighted by Crippen LogP contribution is 2.31. The maximum Gasteiger partial charge on any atom is 0.221 e. The zero-order valence-corrected chi connectivity index (χ0v) is 13.3. The minimum atomic E-state index is 0.0716. The Balaban J connectivity index is 1.74. The van der Waals surface area contributed by atoms with Gasteiger partial charge in [-0.05, 0) is 44.6 Å². The molecule has 2 fully saturated rings. The molecule has 2 rings (SSSR count). The van der Waals surface area contributed by atoms with Gasteiger partial charge in [0.25, 0.3) is 0 Å². The van der Waals surface area contributed by atoms with Crippen molar-refractivity contribution >= 4 is 5.91 Å². The average Bonchev–Trinajstić information content (AvgIpc) is 2.46. The topological polar surface area (TPSA) is 41.1 Å². The Morgan fingerprint density at radius 1 is 1.15 bits per heavy atom. The maximum atomic E-state index is 12.2. The molecule has 2 saturated carbocycles. The summed E-state index contributed by atoms with van der Waals surface area (Å²) in [5, 5.41) is 6.63. The highest BCUT2D eigenvalue weighted by atomic mass is 16.1. The lowest BCUT2D eigenvalue weighted by Gasteiger charge is -2.37. The molecule has 0 bridgehead atoms. The van der Waals surface area contributed by atoms with Crippen LogP contribution >= 0.6 is 0 Å². The zero-order valence-electron chi connectivity index (χ0n) is 13.3. The zero-order chi connectivity index (χ0) is 14.4. The lowest BCUT2D eigenvalue weighted by Crippen LogP contribution is -2.48. The van der Waals surface area contributed by atoms with Crippen molar-refractivity contribution in [2.75, 3.05) is 13.6 Å². The maximum absolute atomic E-state index is 12.2. The van der Waals surface area contributed by atoms with Crippen molar-refractivity contribution < 1.29 is 4.79 Å². The highest BCUT2D eigenvalue weighted by Gasteiger charge is 2.32. The van der Waals surface area contributed by atoms with Crippen LogP contribution in [0.15, 0.2) is 0 Å². The van der Waals surface area contributed by atoms with Crippen LogP contribution in [0.1, 0.15) is 71.1 Å². The molecule has 2 unspecified atom stereocenters. The molecule has 2 N–H and O–H groups in total. The second-order valence-electron chi connectivity index (χ2n) is 7.21. The summed E-state index contributed by atoms with van der Waals surface area (Å²) in [6.45, 7) is 3.23. The Morgan fingerprint density at radius 2 is 1.90 bits per heavy atom. The third-order valence-electron chi connectivity index (χ3n) is 5.47. The predicted molar refractivity (Wildman–Crippen MR) is 83.6 cm³/mol. The molecule has 2 atom stereocenters. The van der Waals surface area contributed by atoms with E-state index in [0.717, 1.165) is 25.3 Å². The summed E-state index contributed by atoms with van der Waals surface area (Å²) in [7, 11) is 2.02. The molecule has 116 valence electrons. The van der Waals surface area contributed by atoms with Gasteiger partial charge in [0.15, 0.2) is 0 Å². The van der Waals surface area contributed by atoms with Crippen molar-refractivity contribution in [3.63, 3.8) is 0 Å². The SMILES string of the molecule is CNC1(CC(=O)NCC2CCCC(C)C2)CCCCC1. The smallest absolute Gasteiger partial charge is 0.221 e. The van der Waals surface area contributed by atoms with E-state index in [1.165, 1.54) is 44.9 Å². The minimum absolute atomic E-state index is 0.0716. The van der Waals surface area contributed by atoms with Crippen LogP contribution in [0.3, 0.4) is 0 Å². The van der Waals surface area contributed by atoms with E-state index in [2.05, 4.69) is 17.6 Å². The van der Waals surface area contributed by atoms with Gasteiger partial charge in [-0.1, -0.05) is 39.0 Å². The standard InChI is InChI=1S/C17H32N2O/c1-14-7-6-8-15(11-14)13-19-16(20)12-17(18-2)9-4-3-5-10-17/h14-15,18H,3-13H2,1-2H3,(H,19,20). The summed E-state index contributed by atoms with van der Waals surface area (Å²) >= 11 is 0. The molecular formula is C17H32N2O. The molecule has 20 heavy (non-hydrogen) atoms. The summed E-state index contributed by atoms with van der Waals surface area (Å²) in [5.41, 5.74) is 0.0716. The van der Waals surface area contributed by atoms with Crippen LogP contribution in [0.4, 0.5) is 0 Å². The van der Waals surface area contributed by atoms with E-state index in [1.807, 2.05) is 7.05 Å². The lowest BCUT2D eigenvalue weighted by molar-refractivity contribution is -0.123. The Kier molecular flexibility index (Phi) is 5.88. The number of rotatable bonds is 5. The minimum Gasteiger partial charge on any atom is -0.356 e. The van der Waals surface area contributed by atoms with Crippen molar-refractivity contribution in [3.8, 4) is 0 Å². The van der Waals surface area contributed by atoms with Crippen LogP contribution in [0.5, 0.6) is 0 Å². The van der Waals surface area contributed by atoms with Crippen LogP contribution < -0.4 is 10.6 Å². The van der Waals surface area contributed by atoms with Crippen LogP contribution in [-0.2, 0) is 4.79 Å². The number of carbonyl (C=O) groups excluding carboxylic acids is 1. The van der Waals surface area contributed by atoms with Gasteiger partial charge in [0.2, 0.25) is 5.91 Å². The van der Waals surface area contributed by atoms with Gasteiger partial charge in [-0.3, -0.25) is 4.79 Å². The Morgan fingerprint density at radius 3 is 2.55 bits per heavy atom. The Bertz CT molecular complexity index is 310. The van der Waals surface area contributed by atoms with E-state index in [-0.39, 0.29) is 11.4 Å². The quantitative estimate of drug-likeness (QED) is 0.811. The van der Waals surface area contributed by atoms with Crippen molar-refractivity contribution in [1.82, 2.24) is 10.6 Å². The molecule has 0 spiro atoms. The average molecular weight is 280 g/mol. The molecule has 0 saturated heterocycles. The number of hydrogen-bond acceptors (Lipinski definition) is 2. The summed E-state index contributed by atoms with van der Waals surface area (Å²) in [6, 6.07) is 0. The molecule has 0 aromatic rings. The fraction of sp³-hybridized carbons (Fsp3) is 0.941. The second-order valence-corrected chi connectivity index (χ2v) is 7.21. The summed E-state index contributed by atoms with van der Waals surface area (Å²) in [6.07, 6.45) is 12.1. The van der Waals surface area contributed by atoms with Gasteiger partial charge in [0.1, 0.15) is 0 Å². The van der Waals surface area contributed by atoms with Gasteiger partial charge in [0, 0.05) is 18.5 Å². The van der Waals surface area contributed by atoms with Crippen molar-refractivity contribution in [2.45, 2.75) is 76.7 Å². The van der Waals surface area contributed by atoms with Crippen LogP contribution in [-0.4, -0.2) is 25.0 Å². The first-order chi connectivity index (χ1) is 9.63. The van der Waals surface area contributed by atoms with Gasteiger partial charge in [-0.15, -0.1) is 0 Å². The molecule has 2 aliphatic rings. The van der Waals surface area contributed by atoms with E-state index in [1.54, 1.807) is 0 Å². The van der Waals surface area contributed by atoms with Gasteiger partial charge in [-0.25, -0.2) is 0 Å². The summed E-state index contributed by atoms with van der Waals surface area (Å²) < 4.78 is 0. The molecule has 2 aliphatic carbocycles. The Labute approximate surface area is 124 Å². The molecule has 0 radical (unpaired) electrons. The largest absolute Gasteiger partial charge is 0.356 e. The second kappa shape index (κ2) is 7.44. The first-order valence-electron chi connectivity index (χ1n) is 8.59. The molecule has 3 heteroatoms. The molecule has 0 heterocycles. The van der Waals surface area contributed by atoms with Crippen molar-refractivity contribution in [1.29, 1.82) is 0 Å². The molecule has 1 amide bonds. The molecular weight excluding hydrogens is 248 g/mol. The van der Waals surface area contributed by atoms with Gasteiger partial charge < -0.3 is 10.6 Å². The Hall–Kier alpha value is -0.570. The van der Waals surface area contributed by atoms with Crippen LogP contribution in [0, 0.1) is 11.8 Å². The van der Waals surface area contributed by atoms with E-state index in [4.69, 9.17) is 0 Å². The molecule has 0 aliphatic heterocycles. The van der Waals surface area contributed by atoms with E-state index in [9.17, 15) is 4.79 Å². The fourth-order valence-electron chi connectivity index (χ4n) is 4.12. The first-order valence-corrected chi connectivity index (χ1v) is 8.59. The predicted octanol–water partition coefficient (Wildman–Crippen LogP) is 3.24. The van der Waals surface area contributed by atoms with Crippen LogP contribution in [0.2, 0.25) is 0 Å². The van der Waals surface area contributed by atoms with Crippen LogP contribution in [0.25, 0.3) is 0 Å². The third-order valence-corrected chi connectivity index (χ3v) is 5.47. The van der Waals surface area contributed by atoms with Crippen molar-refractivity contribution in [2.24, 2.45) is 11.8 Å². The van der Waals surface area contributed by atoms with Gasteiger partial charge >= 0.3 is 0 Å². The fourth-order valence-corrected chi connectivity index (χ4v) is 4.12. The van der Waals surface area contributed by atoms with Gasteiger partial charge in [-0.2, -0.15) is 0 Å². The summed E-state index contributed by atoms with van der Waals surface area (Å²) in [5.74, 6) is 1.80. The first kappa shape index (κ1) is 15.8. The third kappa shape index (κ3) is 4.47.